The Morgan fingerprint density at radius 2 is 2.00 bits per heavy atom. The van der Waals surface area contributed by atoms with Crippen LogP contribution in [0.25, 0.3) is 0 Å². The second-order valence-electron chi connectivity index (χ2n) is 5.24. The molecule has 2 saturated heterocycles. The summed E-state index contributed by atoms with van der Waals surface area (Å²) in [6.07, 6.45) is 2.63. The third-order valence-electron chi connectivity index (χ3n) is 4.45. The quantitative estimate of drug-likeness (QED) is 0.791. The summed E-state index contributed by atoms with van der Waals surface area (Å²) in [7, 11) is 0. The van der Waals surface area contributed by atoms with Gasteiger partial charge in [0.05, 0.1) is 0 Å². The molecule has 2 nitrogen and oxygen atoms in total. The minimum atomic E-state index is 0.639. The van der Waals surface area contributed by atoms with E-state index in [0.29, 0.717) is 23.9 Å². The van der Waals surface area contributed by atoms with Crippen LogP contribution in [0.5, 0.6) is 0 Å². The predicted octanol–water partition coefficient (Wildman–Crippen LogP) is 1.79. The predicted molar refractivity (Wildman–Crippen MR) is 66.4 cm³/mol. The summed E-state index contributed by atoms with van der Waals surface area (Å²) in [6, 6.07) is 10.1. The van der Waals surface area contributed by atoms with Crippen LogP contribution in [0.4, 0.5) is 0 Å². The number of nitrogens with two attached hydrogens (primary N) is 1. The van der Waals surface area contributed by atoms with Gasteiger partial charge >= 0.3 is 0 Å². The van der Waals surface area contributed by atoms with Gasteiger partial charge in [-0.15, -0.1) is 0 Å². The fourth-order valence-corrected chi connectivity index (χ4v) is 3.69. The van der Waals surface area contributed by atoms with Gasteiger partial charge in [0.15, 0.2) is 0 Å². The molecule has 0 radical (unpaired) electrons. The van der Waals surface area contributed by atoms with Gasteiger partial charge in [-0.05, 0) is 43.4 Å². The van der Waals surface area contributed by atoms with Gasteiger partial charge < -0.3 is 11.1 Å². The molecule has 0 saturated carbocycles. The van der Waals surface area contributed by atoms with Crippen LogP contribution < -0.4 is 11.1 Å². The molecule has 3 N–H and O–H groups in total. The Hall–Kier alpha value is -0.860. The molecule has 0 aliphatic carbocycles. The fourth-order valence-electron chi connectivity index (χ4n) is 3.69. The smallest absolute Gasteiger partial charge is 0.0143 e. The lowest BCUT2D eigenvalue weighted by Gasteiger charge is -2.29. The molecular formula is C14H20N2. The van der Waals surface area contributed by atoms with Gasteiger partial charge in [-0.3, -0.25) is 0 Å². The standard InChI is InChI=1S/C14H20N2/c1-9-4-2-3-5-10(9)14-11(8-15)12-6-7-13(14)16-12/h2-5,11-14,16H,6-8,15H2,1H3. The van der Waals surface area contributed by atoms with E-state index in [2.05, 4.69) is 36.5 Å². The van der Waals surface area contributed by atoms with Crippen molar-refractivity contribution >= 4 is 0 Å². The molecule has 2 aliphatic heterocycles. The molecule has 2 aliphatic rings. The highest BCUT2D eigenvalue weighted by atomic mass is 15.1. The molecule has 0 spiro atoms. The summed E-state index contributed by atoms with van der Waals surface area (Å²) in [5.41, 5.74) is 8.89. The fraction of sp³-hybridized carbons (Fsp3) is 0.571. The van der Waals surface area contributed by atoms with Gasteiger partial charge in [0.1, 0.15) is 0 Å². The highest BCUT2D eigenvalue weighted by Crippen LogP contribution is 2.44. The highest BCUT2D eigenvalue weighted by molar-refractivity contribution is 5.34. The molecule has 2 heterocycles. The van der Waals surface area contributed by atoms with Crippen molar-refractivity contribution in [1.82, 2.24) is 5.32 Å². The van der Waals surface area contributed by atoms with E-state index in [0.717, 1.165) is 6.54 Å². The average Bonchev–Trinajstić information content (AvgIpc) is 2.89. The average molecular weight is 216 g/mol. The van der Waals surface area contributed by atoms with Crippen LogP contribution in [0.15, 0.2) is 24.3 Å². The van der Waals surface area contributed by atoms with Gasteiger partial charge in [0.25, 0.3) is 0 Å². The highest BCUT2D eigenvalue weighted by Gasteiger charge is 2.47. The van der Waals surface area contributed by atoms with Gasteiger partial charge in [0.2, 0.25) is 0 Å². The van der Waals surface area contributed by atoms with Crippen molar-refractivity contribution in [3.63, 3.8) is 0 Å². The van der Waals surface area contributed by atoms with E-state index < -0.39 is 0 Å². The SMILES string of the molecule is Cc1ccccc1C1C2CCC(N2)C1CN. The van der Waals surface area contributed by atoms with Crippen LogP contribution in [-0.4, -0.2) is 18.6 Å². The van der Waals surface area contributed by atoms with E-state index >= 15 is 0 Å². The number of hydrogen-bond acceptors (Lipinski definition) is 2. The maximum Gasteiger partial charge on any atom is 0.0143 e. The van der Waals surface area contributed by atoms with Gasteiger partial charge in [-0.1, -0.05) is 24.3 Å². The Kier molecular flexibility index (Phi) is 2.49. The first-order chi connectivity index (χ1) is 7.81. The summed E-state index contributed by atoms with van der Waals surface area (Å²) >= 11 is 0. The van der Waals surface area contributed by atoms with Crippen molar-refractivity contribution in [3.05, 3.63) is 35.4 Å². The van der Waals surface area contributed by atoms with E-state index in [1.54, 1.807) is 0 Å². The largest absolute Gasteiger partial charge is 0.330 e. The Bertz CT molecular complexity index is 388. The lowest BCUT2D eigenvalue weighted by atomic mass is 9.74. The lowest BCUT2D eigenvalue weighted by Crippen LogP contribution is -2.32. The first kappa shape index (κ1) is 10.3. The zero-order chi connectivity index (χ0) is 11.1. The van der Waals surface area contributed by atoms with Crippen LogP contribution in [0, 0.1) is 12.8 Å². The Labute approximate surface area is 97.2 Å². The number of benzene rings is 1. The Morgan fingerprint density at radius 1 is 1.25 bits per heavy atom. The van der Waals surface area contributed by atoms with Crippen molar-refractivity contribution in [2.24, 2.45) is 11.7 Å². The van der Waals surface area contributed by atoms with E-state index in [1.807, 2.05) is 0 Å². The summed E-state index contributed by atoms with van der Waals surface area (Å²) in [4.78, 5) is 0. The minimum Gasteiger partial charge on any atom is -0.330 e. The van der Waals surface area contributed by atoms with Crippen LogP contribution >= 0.6 is 0 Å². The van der Waals surface area contributed by atoms with Gasteiger partial charge in [-0.2, -0.15) is 0 Å². The zero-order valence-corrected chi connectivity index (χ0v) is 9.82. The van der Waals surface area contributed by atoms with Crippen molar-refractivity contribution in [3.8, 4) is 0 Å². The summed E-state index contributed by atoms with van der Waals surface area (Å²) < 4.78 is 0. The molecule has 0 amide bonds. The number of rotatable bonds is 2. The Morgan fingerprint density at radius 3 is 2.75 bits per heavy atom. The zero-order valence-electron chi connectivity index (χ0n) is 9.82. The molecule has 1 aromatic carbocycles. The normalized spacial score (nSPS) is 36.9. The first-order valence-corrected chi connectivity index (χ1v) is 6.33. The van der Waals surface area contributed by atoms with E-state index in [-0.39, 0.29) is 0 Å². The maximum absolute atomic E-state index is 5.96. The summed E-state index contributed by atoms with van der Waals surface area (Å²) in [5.74, 6) is 1.28. The monoisotopic (exact) mass is 216 g/mol. The molecule has 86 valence electrons. The molecule has 2 heteroatoms. The van der Waals surface area contributed by atoms with Crippen molar-refractivity contribution in [1.29, 1.82) is 0 Å². The van der Waals surface area contributed by atoms with Crippen LogP contribution in [0.1, 0.15) is 29.9 Å². The number of fused-ring (bicyclic) bond motifs is 2. The summed E-state index contributed by atoms with van der Waals surface area (Å²) in [5, 5.41) is 3.72. The molecule has 4 atom stereocenters. The molecular weight excluding hydrogens is 196 g/mol. The van der Waals surface area contributed by atoms with Gasteiger partial charge in [0, 0.05) is 18.0 Å². The van der Waals surface area contributed by atoms with Crippen molar-refractivity contribution in [2.45, 2.75) is 37.8 Å². The van der Waals surface area contributed by atoms with E-state index in [9.17, 15) is 0 Å². The molecule has 2 fully saturated rings. The van der Waals surface area contributed by atoms with Crippen molar-refractivity contribution < 1.29 is 0 Å². The Balaban J connectivity index is 1.97. The number of hydrogen-bond donors (Lipinski definition) is 2. The van der Waals surface area contributed by atoms with Crippen molar-refractivity contribution in [2.75, 3.05) is 6.54 Å². The topological polar surface area (TPSA) is 38.0 Å². The third kappa shape index (κ3) is 1.40. The summed E-state index contributed by atoms with van der Waals surface area (Å²) in [6.45, 7) is 3.03. The lowest BCUT2D eigenvalue weighted by molar-refractivity contribution is 0.365. The molecule has 3 rings (SSSR count). The second-order valence-corrected chi connectivity index (χ2v) is 5.24. The third-order valence-corrected chi connectivity index (χ3v) is 4.45. The van der Waals surface area contributed by atoms with Crippen LogP contribution in [-0.2, 0) is 0 Å². The van der Waals surface area contributed by atoms with Crippen LogP contribution in [0.2, 0.25) is 0 Å². The molecule has 1 aromatic rings. The number of nitrogens with one attached hydrogen (secondary N) is 1. The van der Waals surface area contributed by atoms with Crippen LogP contribution in [0.3, 0.4) is 0 Å². The van der Waals surface area contributed by atoms with E-state index in [1.165, 1.54) is 24.0 Å². The second kappa shape index (κ2) is 3.86. The van der Waals surface area contributed by atoms with Gasteiger partial charge in [-0.25, -0.2) is 0 Å². The molecule has 4 unspecified atom stereocenters. The number of aryl methyl sites for hydroxylation is 1. The van der Waals surface area contributed by atoms with E-state index in [4.69, 9.17) is 5.73 Å². The molecule has 16 heavy (non-hydrogen) atoms. The minimum absolute atomic E-state index is 0.639. The molecule has 0 aromatic heterocycles. The maximum atomic E-state index is 5.96. The first-order valence-electron chi connectivity index (χ1n) is 6.33. The molecule has 2 bridgehead atoms.